The second kappa shape index (κ2) is 9.09. The Hall–Kier alpha value is -2.18. The summed E-state index contributed by atoms with van der Waals surface area (Å²) in [6.07, 6.45) is 2.32. The lowest BCUT2D eigenvalue weighted by atomic mass is 10.1. The van der Waals surface area contributed by atoms with E-state index in [-0.39, 0.29) is 11.8 Å². The van der Waals surface area contributed by atoms with E-state index in [2.05, 4.69) is 18.8 Å². The molecule has 0 aliphatic carbocycles. The fourth-order valence-electron chi connectivity index (χ4n) is 3.42. The minimum Gasteiger partial charge on any atom is -0.302 e. The molecule has 0 amide bonds. The molecule has 1 aromatic carbocycles. The van der Waals surface area contributed by atoms with E-state index in [1.807, 2.05) is 52.0 Å². The minimum absolute atomic E-state index is 0.111. The highest BCUT2D eigenvalue weighted by Crippen LogP contribution is 2.29. The number of halogens is 1. The van der Waals surface area contributed by atoms with Crippen molar-refractivity contribution in [2.75, 3.05) is 5.88 Å². The Labute approximate surface area is 177 Å². The topological polar surface area (TPSA) is 69.0 Å². The van der Waals surface area contributed by atoms with Gasteiger partial charge in [0.15, 0.2) is 5.65 Å². The van der Waals surface area contributed by atoms with Crippen molar-refractivity contribution in [3.63, 3.8) is 0 Å². The van der Waals surface area contributed by atoms with Gasteiger partial charge >= 0.3 is 0 Å². The van der Waals surface area contributed by atoms with Gasteiger partial charge in [0.25, 0.3) is 10.0 Å². The van der Waals surface area contributed by atoms with Crippen LogP contribution in [0.1, 0.15) is 47.7 Å². The highest BCUT2D eigenvalue weighted by Gasteiger charge is 2.25. The molecule has 0 aliphatic heterocycles. The Morgan fingerprint density at radius 2 is 1.62 bits per heavy atom. The molecule has 0 spiro atoms. The summed E-state index contributed by atoms with van der Waals surface area (Å²) >= 11 is 4.82. The van der Waals surface area contributed by atoms with Crippen molar-refractivity contribution in [1.29, 1.82) is 0 Å². The summed E-state index contributed by atoms with van der Waals surface area (Å²) < 4.78 is 28.2. The molecule has 0 radical (unpaired) electrons. The van der Waals surface area contributed by atoms with E-state index in [1.165, 1.54) is 3.97 Å². The SMILES string of the molecule is Cc1cc(C)c(S(=O)(=O)n2cc(C)c3ccc(C(C)C)nc32)c(C)c1.O=CCCl. The zero-order valence-electron chi connectivity index (χ0n) is 17.7. The molecular weight excluding hydrogens is 408 g/mol. The second-order valence-electron chi connectivity index (χ2n) is 7.42. The van der Waals surface area contributed by atoms with Crippen LogP contribution in [0.15, 0.2) is 35.4 Å². The Morgan fingerprint density at radius 1 is 1.07 bits per heavy atom. The third kappa shape index (κ3) is 4.70. The van der Waals surface area contributed by atoms with Gasteiger partial charge in [0.2, 0.25) is 0 Å². The van der Waals surface area contributed by atoms with E-state index in [1.54, 1.807) is 6.20 Å². The molecule has 156 valence electrons. The van der Waals surface area contributed by atoms with Crippen molar-refractivity contribution in [3.05, 3.63) is 58.4 Å². The van der Waals surface area contributed by atoms with Gasteiger partial charge in [-0.15, -0.1) is 11.6 Å². The van der Waals surface area contributed by atoms with Gasteiger partial charge in [-0.05, 0) is 62.4 Å². The largest absolute Gasteiger partial charge is 0.302 e. The molecular formula is C22H27ClN2O3S. The van der Waals surface area contributed by atoms with Gasteiger partial charge in [0.05, 0.1) is 10.8 Å². The number of hydrogen-bond acceptors (Lipinski definition) is 4. The fourth-order valence-corrected chi connectivity index (χ4v) is 5.21. The number of nitrogens with zero attached hydrogens (tertiary/aromatic N) is 2. The summed E-state index contributed by atoms with van der Waals surface area (Å²) in [4.78, 5) is 14.1. The molecule has 0 fully saturated rings. The van der Waals surface area contributed by atoms with Crippen molar-refractivity contribution in [1.82, 2.24) is 8.96 Å². The van der Waals surface area contributed by atoms with E-state index in [9.17, 15) is 8.42 Å². The van der Waals surface area contributed by atoms with Gasteiger partial charge in [-0.1, -0.05) is 31.5 Å². The third-order valence-electron chi connectivity index (χ3n) is 4.62. The maximum atomic E-state index is 13.4. The molecule has 0 bridgehead atoms. The number of carbonyl (C=O) groups is 1. The molecule has 3 aromatic rings. The van der Waals surface area contributed by atoms with Crippen LogP contribution in [0.5, 0.6) is 0 Å². The first kappa shape index (κ1) is 23.1. The van der Waals surface area contributed by atoms with Crippen LogP contribution in [-0.2, 0) is 14.8 Å². The maximum absolute atomic E-state index is 13.4. The first-order valence-electron chi connectivity index (χ1n) is 9.36. The summed E-state index contributed by atoms with van der Waals surface area (Å²) in [6.45, 7) is 11.7. The number of aromatic nitrogens is 2. The standard InChI is InChI=1S/C20H24N2O2S.C2H3ClO/c1-12(2)18-8-7-17-16(6)11-22(20(17)21-18)25(23,24)19-14(4)9-13(3)10-15(19)5;3-1-2-4/h7-12H,1-6H3;2H,1H2. The molecule has 3 rings (SSSR count). The van der Waals surface area contributed by atoms with Crippen LogP contribution in [0.3, 0.4) is 0 Å². The highest BCUT2D eigenvalue weighted by atomic mass is 35.5. The molecule has 0 N–H and O–H groups in total. The van der Waals surface area contributed by atoms with Crippen molar-refractivity contribution < 1.29 is 13.2 Å². The van der Waals surface area contributed by atoms with Crippen LogP contribution < -0.4 is 0 Å². The summed E-state index contributed by atoms with van der Waals surface area (Å²) in [5.74, 6) is 0.346. The molecule has 7 heteroatoms. The molecule has 0 atom stereocenters. The minimum atomic E-state index is -3.71. The van der Waals surface area contributed by atoms with Gasteiger partial charge < -0.3 is 4.79 Å². The first-order valence-corrected chi connectivity index (χ1v) is 11.3. The smallest absolute Gasteiger partial charge is 0.269 e. The van der Waals surface area contributed by atoms with E-state index < -0.39 is 10.0 Å². The first-order chi connectivity index (χ1) is 13.5. The summed E-state index contributed by atoms with van der Waals surface area (Å²) in [6, 6.07) is 7.75. The van der Waals surface area contributed by atoms with Gasteiger partial charge in [-0.3, -0.25) is 0 Å². The van der Waals surface area contributed by atoms with Crippen LogP contribution in [-0.4, -0.2) is 29.5 Å². The van der Waals surface area contributed by atoms with Crippen molar-refractivity contribution in [2.24, 2.45) is 0 Å². The predicted octanol–water partition coefficient (Wildman–Crippen LogP) is 5.05. The maximum Gasteiger partial charge on any atom is 0.269 e. The number of rotatable bonds is 4. The number of fused-ring (bicyclic) bond motifs is 1. The fraction of sp³-hybridized carbons (Fsp3) is 0.364. The van der Waals surface area contributed by atoms with Crippen LogP contribution in [0.2, 0.25) is 0 Å². The molecule has 2 aromatic heterocycles. The highest BCUT2D eigenvalue weighted by molar-refractivity contribution is 7.90. The Bertz CT molecular complexity index is 1130. The van der Waals surface area contributed by atoms with Gasteiger partial charge in [-0.25, -0.2) is 17.4 Å². The number of aryl methyl sites for hydroxylation is 4. The van der Waals surface area contributed by atoms with Crippen molar-refractivity contribution >= 4 is 38.9 Å². The van der Waals surface area contributed by atoms with Crippen LogP contribution in [0, 0.1) is 27.7 Å². The number of hydrogen-bond donors (Lipinski definition) is 0. The zero-order chi connectivity index (χ0) is 21.9. The summed E-state index contributed by atoms with van der Waals surface area (Å²) in [5.41, 5.74) is 4.88. The molecule has 0 aliphatic rings. The van der Waals surface area contributed by atoms with Crippen molar-refractivity contribution in [2.45, 2.75) is 52.4 Å². The number of aldehydes is 1. The number of alkyl halides is 1. The zero-order valence-corrected chi connectivity index (χ0v) is 19.2. The molecule has 2 heterocycles. The molecule has 5 nitrogen and oxygen atoms in total. The lowest BCUT2D eigenvalue weighted by Gasteiger charge is -2.14. The van der Waals surface area contributed by atoms with Gasteiger partial charge in [0.1, 0.15) is 6.29 Å². The van der Waals surface area contributed by atoms with E-state index in [0.29, 0.717) is 16.8 Å². The van der Waals surface area contributed by atoms with Crippen molar-refractivity contribution in [3.8, 4) is 0 Å². The number of carbonyl (C=O) groups excluding carboxylic acids is 1. The molecule has 29 heavy (non-hydrogen) atoms. The third-order valence-corrected chi connectivity index (χ3v) is 6.70. The van der Waals surface area contributed by atoms with E-state index in [4.69, 9.17) is 16.4 Å². The summed E-state index contributed by atoms with van der Waals surface area (Å²) in [7, 11) is -3.71. The van der Waals surface area contributed by atoms with Crippen LogP contribution in [0.25, 0.3) is 11.0 Å². The average molecular weight is 435 g/mol. The normalized spacial score (nSPS) is 11.4. The van der Waals surface area contributed by atoms with E-state index >= 15 is 0 Å². The Kier molecular flexibility index (Phi) is 7.25. The van der Waals surface area contributed by atoms with E-state index in [0.717, 1.165) is 33.3 Å². The van der Waals surface area contributed by atoms with Crippen LogP contribution in [0.4, 0.5) is 0 Å². The average Bonchev–Trinajstić information content (AvgIpc) is 2.98. The lowest BCUT2D eigenvalue weighted by Crippen LogP contribution is -2.16. The Morgan fingerprint density at radius 3 is 2.10 bits per heavy atom. The lowest BCUT2D eigenvalue weighted by molar-refractivity contribution is -0.105. The molecule has 0 unspecified atom stereocenters. The monoisotopic (exact) mass is 434 g/mol. The molecule has 0 saturated heterocycles. The molecule has 0 saturated carbocycles. The van der Waals surface area contributed by atoms with Gasteiger partial charge in [0, 0.05) is 17.3 Å². The quantitative estimate of drug-likeness (QED) is 0.425. The number of benzene rings is 1. The second-order valence-corrected chi connectivity index (χ2v) is 9.48. The predicted molar refractivity (Wildman–Crippen MR) is 119 cm³/mol. The Balaban J connectivity index is 0.000000687. The van der Waals surface area contributed by atoms with Gasteiger partial charge in [-0.2, -0.15) is 0 Å². The van der Waals surface area contributed by atoms with Crippen LogP contribution >= 0.6 is 11.6 Å². The summed E-state index contributed by atoms with van der Waals surface area (Å²) in [5, 5.41) is 0.871. The number of pyridine rings is 1.